The summed E-state index contributed by atoms with van der Waals surface area (Å²) in [5.41, 5.74) is 0.895. The second kappa shape index (κ2) is 5.72. The van der Waals surface area contributed by atoms with E-state index < -0.39 is 29.9 Å². The van der Waals surface area contributed by atoms with Gasteiger partial charge >= 0.3 is 11.9 Å². The van der Waals surface area contributed by atoms with Gasteiger partial charge < -0.3 is 14.6 Å². The topological polar surface area (TPSA) is 76.1 Å². The molecular formula is C17H20O5. The number of benzene rings is 1. The number of rotatable bonds is 4. The summed E-state index contributed by atoms with van der Waals surface area (Å²) in [7, 11) is 0. The summed E-state index contributed by atoms with van der Waals surface area (Å²) in [6.45, 7) is 3.63. The fraction of sp³-hybridized carbons (Fsp3) is 0.529. The van der Waals surface area contributed by atoms with Crippen LogP contribution >= 0.6 is 0 Å². The number of aliphatic carboxylic acids is 1. The molecule has 2 aliphatic rings. The average Bonchev–Trinajstić information content (AvgIpc) is 3.27. The van der Waals surface area contributed by atoms with Crippen LogP contribution in [0.3, 0.4) is 0 Å². The molecule has 0 radical (unpaired) electrons. The minimum atomic E-state index is -0.948. The van der Waals surface area contributed by atoms with E-state index in [0.29, 0.717) is 6.42 Å². The van der Waals surface area contributed by atoms with Crippen LogP contribution in [0.4, 0.5) is 0 Å². The van der Waals surface area contributed by atoms with Gasteiger partial charge in [-0.2, -0.15) is 0 Å². The second-order valence-electron chi connectivity index (χ2n) is 6.19. The first-order valence-corrected chi connectivity index (χ1v) is 7.62. The zero-order valence-electron chi connectivity index (χ0n) is 12.6. The Hall–Kier alpha value is -1.88. The van der Waals surface area contributed by atoms with Gasteiger partial charge in [0.2, 0.25) is 0 Å². The highest BCUT2D eigenvalue weighted by atomic mass is 16.6. The number of carboxylic acids is 1. The molecule has 6 atom stereocenters. The van der Waals surface area contributed by atoms with Crippen LogP contribution in [-0.2, 0) is 19.1 Å². The van der Waals surface area contributed by atoms with Crippen molar-refractivity contribution in [2.45, 2.75) is 38.6 Å². The summed E-state index contributed by atoms with van der Waals surface area (Å²) in [4.78, 5) is 24.0. The highest BCUT2D eigenvalue weighted by molar-refractivity contribution is 5.82. The van der Waals surface area contributed by atoms with Gasteiger partial charge in [-0.3, -0.25) is 9.59 Å². The summed E-state index contributed by atoms with van der Waals surface area (Å²) in [6, 6.07) is 9.42. The van der Waals surface area contributed by atoms with Crippen molar-refractivity contribution in [2.24, 2.45) is 17.8 Å². The number of epoxide rings is 1. The lowest BCUT2D eigenvalue weighted by Gasteiger charge is -2.30. The quantitative estimate of drug-likeness (QED) is 0.683. The van der Waals surface area contributed by atoms with Gasteiger partial charge in [-0.25, -0.2) is 0 Å². The van der Waals surface area contributed by atoms with Crippen molar-refractivity contribution in [1.82, 2.24) is 0 Å². The molecule has 6 unspecified atom stereocenters. The van der Waals surface area contributed by atoms with Crippen molar-refractivity contribution >= 4 is 11.9 Å². The van der Waals surface area contributed by atoms with E-state index in [1.807, 2.05) is 37.3 Å². The molecule has 1 saturated carbocycles. The molecule has 0 amide bonds. The molecule has 22 heavy (non-hydrogen) atoms. The maximum Gasteiger partial charge on any atom is 0.310 e. The molecular weight excluding hydrogens is 284 g/mol. The molecule has 1 aliphatic carbocycles. The molecule has 1 heterocycles. The molecule has 1 N–H and O–H groups in total. The second-order valence-corrected chi connectivity index (χ2v) is 6.19. The molecule has 5 heteroatoms. The number of ether oxygens (including phenoxy) is 2. The SMILES string of the molecule is CC(OC(=O)C1CC2OC2C(C)C1C(=O)O)c1ccccc1. The summed E-state index contributed by atoms with van der Waals surface area (Å²) in [5.74, 6) is -2.93. The van der Waals surface area contributed by atoms with Crippen molar-refractivity contribution in [3.05, 3.63) is 35.9 Å². The first-order chi connectivity index (χ1) is 10.5. The number of fused-ring (bicyclic) bond motifs is 1. The zero-order valence-corrected chi connectivity index (χ0v) is 12.6. The Morgan fingerprint density at radius 3 is 2.64 bits per heavy atom. The summed E-state index contributed by atoms with van der Waals surface area (Å²) in [6.07, 6.45) is 0.0370. The third kappa shape index (κ3) is 2.73. The Bertz CT molecular complexity index is 570. The normalized spacial score (nSPS) is 34.4. The highest BCUT2D eigenvalue weighted by Crippen LogP contribution is 2.47. The third-order valence-corrected chi connectivity index (χ3v) is 4.78. The monoisotopic (exact) mass is 304 g/mol. The Balaban J connectivity index is 1.71. The predicted octanol–water partition coefficient (Wildman–Crippen LogP) is 2.42. The van der Waals surface area contributed by atoms with Crippen molar-refractivity contribution in [3.8, 4) is 0 Å². The number of carbonyl (C=O) groups excluding carboxylic acids is 1. The molecule has 3 rings (SSSR count). The number of carboxylic acid groups (broad SMARTS) is 1. The van der Waals surface area contributed by atoms with E-state index in [1.54, 1.807) is 6.92 Å². The maximum atomic E-state index is 12.5. The van der Waals surface area contributed by atoms with Crippen molar-refractivity contribution in [2.75, 3.05) is 0 Å². The van der Waals surface area contributed by atoms with Gasteiger partial charge in [0.05, 0.1) is 24.0 Å². The molecule has 1 aromatic carbocycles. The molecule has 1 aromatic rings. The fourth-order valence-electron chi connectivity index (χ4n) is 3.47. The van der Waals surface area contributed by atoms with E-state index in [2.05, 4.69) is 0 Å². The van der Waals surface area contributed by atoms with E-state index in [0.717, 1.165) is 5.56 Å². The number of hydrogen-bond acceptors (Lipinski definition) is 4. The molecule has 0 spiro atoms. The van der Waals surface area contributed by atoms with Crippen LogP contribution in [0.1, 0.15) is 31.9 Å². The molecule has 0 bridgehead atoms. The van der Waals surface area contributed by atoms with Crippen LogP contribution in [0.5, 0.6) is 0 Å². The first-order valence-electron chi connectivity index (χ1n) is 7.62. The zero-order chi connectivity index (χ0) is 15.9. The molecule has 1 saturated heterocycles. The minimum Gasteiger partial charge on any atom is -0.481 e. The third-order valence-electron chi connectivity index (χ3n) is 4.78. The lowest BCUT2D eigenvalue weighted by atomic mass is 9.73. The Morgan fingerprint density at radius 1 is 1.32 bits per heavy atom. The van der Waals surface area contributed by atoms with E-state index >= 15 is 0 Å². The Labute approximate surface area is 129 Å². The summed E-state index contributed by atoms with van der Waals surface area (Å²) < 4.78 is 11.0. The average molecular weight is 304 g/mol. The van der Waals surface area contributed by atoms with Crippen molar-refractivity contribution < 1.29 is 24.2 Å². The molecule has 0 aromatic heterocycles. The number of carbonyl (C=O) groups is 2. The largest absolute Gasteiger partial charge is 0.481 e. The van der Waals surface area contributed by atoms with E-state index in [1.165, 1.54) is 0 Å². The standard InChI is InChI=1S/C17H20O5/c1-9-14(16(18)19)12(8-13-15(9)22-13)17(20)21-10(2)11-6-4-3-5-7-11/h3-7,9-10,12-15H,8H2,1-2H3,(H,18,19). The minimum absolute atomic E-state index is 0.00943. The van der Waals surface area contributed by atoms with Gasteiger partial charge in [0.15, 0.2) is 0 Å². The van der Waals surface area contributed by atoms with E-state index in [4.69, 9.17) is 9.47 Å². The van der Waals surface area contributed by atoms with Crippen LogP contribution < -0.4 is 0 Å². The summed E-state index contributed by atoms with van der Waals surface area (Å²) >= 11 is 0. The van der Waals surface area contributed by atoms with Gasteiger partial charge in [0, 0.05) is 0 Å². The van der Waals surface area contributed by atoms with Crippen LogP contribution in [-0.4, -0.2) is 29.3 Å². The van der Waals surface area contributed by atoms with Crippen LogP contribution in [0, 0.1) is 17.8 Å². The molecule has 118 valence electrons. The first kappa shape index (κ1) is 15.0. The van der Waals surface area contributed by atoms with Crippen molar-refractivity contribution in [1.29, 1.82) is 0 Å². The van der Waals surface area contributed by atoms with Gasteiger partial charge in [0.1, 0.15) is 6.10 Å². The molecule has 5 nitrogen and oxygen atoms in total. The smallest absolute Gasteiger partial charge is 0.310 e. The van der Waals surface area contributed by atoms with Gasteiger partial charge in [-0.05, 0) is 24.8 Å². The van der Waals surface area contributed by atoms with Crippen LogP contribution in [0.15, 0.2) is 30.3 Å². The number of esters is 1. The van der Waals surface area contributed by atoms with Crippen LogP contribution in [0.2, 0.25) is 0 Å². The Morgan fingerprint density at radius 2 is 2.00 bits per heavy atom. The lowest BCUT2D eigenvalue weighted by molar-refractivity contribution is -0.164. The van der Waals surface area contributed by atoms with Crippen molar-refractivity contribution in [3.63, 3.8) is 0 Å². The lowest BCUT2D eigenvalue weighted by Crippen LogP contribution is -2.42. The maximum absolute atomic E-state index is 12.5. The van der Waals surface area contributed by atoms with Gasteiger partial charge in [-0.1, -0.05) is 37.3 Å². The molecule has 1 aliphatic heterocycles. The Kier molecular flexibility index (Phi) is 3.91. The predicted molar refractivity (Wildman–Crippen MR) is 78.0 cm³/mol. The van der Waals surface area contributed by atoms with Gasteiger partial charge in [-0.15, -0.1) is 0 Å². The van der Waals surface area contributed by atoms with Crippen LogP contribution in [0.25, 0.3) is 0 Å². The molecule has 2 fully saturated rings. The highest BCUT2D eigenvalue weighted by Gasteiger charge is 2.57. The van der Waals surface area contributed by atoms with E-state index in [-0.39, 0.29) is 18.1 Å². The van der Waals surface area contributed by atoms with E-state index in [9.17, 15) is 14.7 Å². The summed E-state index contributed by atoms with van der Waals surface area (Å²) in [5, 5.41) is 9.45. The fourth-order valence-corrected chi connectivity index (χ4v) is 3.47. The van der Waals surface area contributed by atoms with Gasteiger partial charge in [0.25, 0.3) is 0 Å². The number of hydrogen-bond donors (Lipinski definition) is 1.